The van der Waals surface area contributed by atoms with E-state index in [1.807, 2.05) is 41.0 Å². The highest BCUT2D eigenvalue weighted by Gasteiger charge is 2.27. The van der Waals surface area contributed by atoms with E-state index in [0.29, 0.717) is 38.7 Å². The molecule has 1 saturated heterocycles. The number of hydrogen-bond donors (Lipinski definition) is 2. The van der Waals surface area contributed by atoms with Crippen molar-refractivity contribution in [3.05, 3.63) is 29.8 Å². The molecule has 1 aromatic rings. The third-order valence-electron chi connectivity index (χ3n) is 4.99. The van der Waals surface area contributed by atoms with Crippen molar-refractivity contribution in [1.82, 2.24) is 15.1 Å². The lowest BCUT2D eigenvalue weighted by Gasteiger charge is -2.37. The third kappa shape index (κ3) is 6.71. The molecule has 0 unspecified atom stereocenters. The van der Waals surface area contributed by atoms with Gasteiger partial charge in [-0.3, -0.25) is 9.69 Å². The molecule has 0 bridgehead atoms. The van der Waals surface area contributed by atoms with E-state index in [-0.39, 0.29) is 18.6 Å². The fourth-order valence-corrected chi connectivity index (χ4v) is 3.44. The average molecular weight is 392 g/mol. The molecule has 7 heteroatoms. The number of likely N-dealkylation sites (tertiary alicyclic amines) is 1. The first-order valence-corrected chi connectivity index (χ1v) is 10.1. The minimum Gasteiger partial charge on any atom is -0.493 e. The van der Waals surface area contributed by atoms with Crippen molar-refractivity contribution in [3.63, 3.8) is 0 Å². The monoisotopic (exact) mass is 391 g/mol. The number of carboxylic acids is 1. The molecule has 28 heavy (non-hydrogen) atoms. The summed E-state index contributed by atoms with van der Waals surface area (Å²) in [5.41, 5.74) is 0.963. The van der Waals surface area contributed by atoms with E-state index in [4.69, 9.17) is 9.84 Å². The van der Waals surface area contributed by atoms with Gasteiger partial charge in [-0.25, -0.2) is 4.79 Å². The molecule has 2 amide bonds. The van der Waals surface area contributed by atoms with Crippen LogP contribution in [0.2, 0.25) is 0 Å². The normalized spacial score (nSPS) is 15.1. The maximum Gasteiger partial charge on any atom is 0.317 e. The van der Waals surface area contributed by atoms with Crippen molar-refractivity contribution in [2.24, 2.45) is 5.92 Å². The third-order valence-corrected chi connectivity index (χ3v) is 4.99. The maximum absolute atomic E-state index is 12.5. The summed E-state index contributed by atoms with van der Waals surface area (Å²) in [5, 5.41) is 12.0. The van der Waals surface area contributed by atoms with Gasteiger partial charge >= 0.3 is 12.0 Å². The van der Waals surface area contributed by atoms with Crippen LogP contribution in [-0.4, -0.2) is 65.7 Å². The summed E-state index contributed by atoms with van der Waals surface area (Å²) in [4.78, 5) is 27.3. The fourth-order valence-electron chi connectivity index (χ4n) is 3.44. The first kappa shape index (κ1) is 22.0. The molecule has 2 N–H and O–H groups in total. The summed E-state index contributed by atoms with van der Waals surface area (Å²) in [6, 6.07) is 7.90. The first-order valence-electron chi connectivity index (χ1n) is 10.1. The highest BCUT2D eigenvalue weighted by atomic mass is 16.5. The van der Waals surface area contributed by atoms with Crippen LogP contribution in [0, 0.1) is 5.92 Å². The Morgan fingerprint density at radius 1 is 1.29 bits per heavy atom. The van der Waals surface area contributed by atoms with Gasteiger partial charge in [0.15, 0.2) is 0 Å². The van der Waals surface area contributed by atoms with E-state index < -0.39 is 5.97 Å². The molecule has 2 rings (SSSR count). The van der Waals surface area contributed by atoms with Crippen molar-refractivity contribution in [1.29, 1.82) is 0 Å². The minimum atomic E-state index is -0.805. The van der Waals surface area contributed by atoms with Crippen molar-refractivity contribution in [2.45, 2.75) is 46.2 Å². The largest absolute Gasteiger partial charge is 0.493 e. The molecule has 0 radical (unpaired) electrons. The molecule has 0 spiro atoms. The van der Waals surface area contributed by atoms with Gasteiger partial charge in [-0.2, -0.15) is 0 Å². The second-order valence-corrected chi connectivity index (χ2v) is 7.65. The molecule has 1 heterocycles. The van der Waals surface area contributed by atoms with Crippen LogP contribution in [0.1, 0.15) is 39.2 Å². The summed E-state index contributed by atoms with van der Waals surface area (Å²) < 4.78 is 5.84. The fraction of sp³-hybridized carbons (Fsp3) is 0.619. The number of aliphatic carboxylic acids is 1. The summed E-state index contributed by atoms with van der Waals surface area (Å²) in [6.07, 6.45) is 1.59. The molecule has 0 atom stereocenters. The lowest BCUT2D eigenvalue weighted by molar-refractivity contribution is -0.139. The van der Waals surface area contributed by atoms with Gasteiger partial charge in [0, 0.05) is 31.2 Å². The molecule has 0 aliphatic carbocycles. The van der Waals surface area contributed by atoms with Gasteiger partial charge in [-0.15, -0.1) is 0 Å². The van der Waals surface area contributed by atoms with Crippen molar-refractivity contribution >= 4 is 12.0 Å². The number of nitrogens with one attached hydrogen (secondary N) is 1. The standard InChI is InChI=1S/C21H33N3O4/c1-4-23(14-20(25)26)18-9-11-24(12-10-18)21(27)22-13-17-7-5-6-8-19(17)28-15-16(2)3/h5-8,16,18H,4,9-15H2,1-3H3,(H,22,27)(H,25,26). The van der Waals surface area contributed by atoms with Gasteiger partial charge < -0.3 is 20.1 Å². The Bertz CT molecular complexity index is 642. The highest BCUT2D eigenvalue weighted by molar-refractivity contribution is 5.74. The second-order valence-electron chi connectivity index (χ2n) is 7.65. The van der Waals surface area contributed by atoms with Gasteiger partial charge in [-0.05, 0) is 31.4 Å². The Balaban J connectivity index is 1.83. The molecule has 156 valence electrons. The molecule has 1 aliphatic heterocycles. The highest BCUT2D eigenvalue weighted by Crippen LogP contribution is 2.20. The lowest BCUT2D eigenvalue weighted by Crippen LogP contribution is -2.50. The molecule has 7 nitrogen and oxygen atoms in total. The Labute approximate surface area is 167 Å². The SMILES string of the molecule is CCN(CC(=O)O)C1CCN(C(=O)NCc2ccccc2OCC(C)C)CC1. The van der Waals surface area contributed by atoms with Gasteiger partial charge in [0.2, 0.25) is 0 Å². The molecular weight excluding hydrogens is 358 g/mol. The van der Waals surface area contributed by atoms with Crippen LogP contribution < -0.4 is 10.1 Å². The van der Waals surface area contributed by atoms with Crippen molar-refractivity contribution in [2.75, 3.05) is 32.8 Å². The predicted octanol–water partition coefficient (Wildman–Crippen LogP) is 2.80. The van der Waals surface area contributed by atoms with Crippen molar-refractivity contribution < 1.29 is 19.4 Å². The zero-order chi connectivity index (χ0) is 20.5. The zero-order valence-electron chi connectivity index (χ0n) is 17.2. The summed E-state index contributed by atoms with van der Waals surface area (Å²) in [6.45, 7) is 9.28. The quantitative estimate of drug-likeness (QED) is 0.676. The van der Waals surface area contributed by atoms with Gasteiger partial charge in [-0.1, -0.05) is 39.0 Å². The number of benzene rings is 1. The van der Waals surface area contributed by atoms with Crippen LogP contribution in [0.4, 0.5) is 4.79 Å². The van der Waals surface area contributed by atoms with Crippen LogP contribution in [0.5, 0.6) is 5.75 Å². The van der Waals surface area contributed by atoms with Crippen LogP contribution in [0.15, 0.2) is 24.3 Å². The van der Waals surface area contributed by atoms with E-state index in [2.05, 4.69) is 19.2 Å². The molecule has 1 aliphatic rings. The van der Waals surface area contributed by atoms with Crippen LogP contribution in [0.3, 0.4) is 0 Å². The van der Waals surface area contributed by atoms with Crippen LogP contribution >= 0.6 is 0 Å². The Kier molecular flexibility index (Phi) is 8.57. The maximum atomic E-state index is 12.5. The number of carboxylic acid groups (broad SMARTS) is 1. The molecular formula is C21H33N3O4. The second kappa shape index (κ2) is 10.9. The van der Waals surface area contributed by atoms with Gasteiger partial charge in [0.1, 0.15) is 5.75 Å². The van der Waals surface area contributed by atoms with Crippen molar-refractivity contribution in [3.8, 4) is 5.75 Å². The molecule has 1 fully saturated rings. The smallest absolute Gasteiger partial charge is 0.317 e. The topological polar surface area (TPSA) is 82.1 Å². The number of urea groups is 1. The molecule has 1 aromatic carbocycles. The number of carbonyl (C=O) groups excluding carboxylic acids is 1. The van der Waals surface area contributed by atoms with Gasteiger partial charge in [0.25, 0.3) is 0 Å². The van der Waals surface area contributed by atoms with Crippen LogP contribution in [-0.2, 0) is 11.3 Å². The Morgan fingerprint density at radius 2 is 1.96 bits per heavy atom. The average Bonchev–Trinajstić information content (AvgIpc) is 2.69. The minimum absolute atomic E-state index is 0.0561. The number of carbonyl (C=O) groups is 2. The summed E-state index contributed by atoms with van der Waals surface area (Å²) in [5.74, 6) is 0.440. The Hall–Kier alpha value is -2.28. The number of amides is 2. The number of nitrogens with zero attached hydrogens (tertiary/aromatic N) is 2. The van der Waals surface area contributed by atoms with E-state index in [1.165, 1.54) is 0 Å². The number of likely N-dealkylation sites (N-methyl/N-ethyl adjacent to an activating group) is 1. The molecule has 0 aromatic heterocycles. The Morgan fingerprint density at radius 3 is 2.57 bits per heavy atom. The first-order chi connectivity index (χ1) is 13.4. The summed E-state index contributed by atoms with van der Waals surface area (Å²) >= 11 is 0. The number of hydrogen-bond acceptors (Lipinski definition) is 4. The van der Waals surface area contributed by atoms with Crippen LogP contribution in [0.25, 0.3) is 0 Å². The number of rotatable bonds is 9. The van der Waals surface area contributed by atoms with E-state index in [1.54, 1.807) is 0 Å². The predicted molar refractivity (Wildman–Crippen MR) is 108 cm³/mol. The summed E-state index contributed by atoms with van der Waals surface area (Å²) in [7, 11) is 0. The van der Waals surface area contributed by atoms with E-state index >= 15 is 0 Å². The van der Waals surface area contributed by atoms with Gasteiger partial charge in [0.05, 0.1) is 13.2 Å². The zero-order valence-corrected chi connectivity index (χ0v) is 17.2. The number of para-hydroxylation sites is 1. The number of piperidine rings is 1. The van der Waals surface area contributed by atoms with E-state index in [0.717, 1.165) is 24.2 Å². The lowest BCUT2D eigenvalue weighted by atomic mass is 10.0. The number of ether oxygens (including phenoxy) is 1. The molecule has 0 saturated carbocycles. The van der Waals surface area contributed by atoms with E-state index in [9.17, 15) is 9.59 Å².